The number of rotatable bonds is 3. The van der Waals surface area contributed by atoms with Gasteiger partial charge in [-0.15, -0.1) is 0 Å². The summed E-state index contributed by atoms with van der Waals surface area (Å²) in [6.45, 7) is 3.78. The van der Waals surface area contributed by atoms with Crippen LogP contribution in [0.1, 0.15) is 0 Å². The molecule has 0 rings (SSSR count). The smallest absolute Gasteiger partial charge is 0.0552 e. The van der Waals surface area contributed by atoms with E-state index in [4.69, 9.17) is 0 Å². The van der Waals surface area contributed by atoms with E-state index in [-0.39, 0.29) is 0 Å². The third kappa shape index (κ3) is 5.01. The van der Waals surface area contributed by atoms with Gasteiger partial charge in [0.15, 0.2) is 0 Å². The van der Waals surface area contributed by atoms with Crippen LogP contribution in [0.15, 0.2) is 26.9 Å². The molecule has 0 heterocycles. The maximum Gasteiger partial charge on any atom is 0.0552 e. The van der Waals surface area contributed by atoms with Crippen molar-refractivity contribution in [1.82, 2.24) is 4.90 Å². The number of hydrogen-bond acceptors (Lipinski definition) is 2. The fourth-order valence-electron chi connectivity index (χ4n) is 0.575. The standard InChI is InChI=1S/C8H13IN2/c1-7(9)5-8(6-10-2)11(3)4/h5-6H,1H2,2-4H3/b8-5+,10-6?. The average Bonchev–Trinajstić information content (AvgIpc) is 1.86. The van der Waals surface area contributed by atoms with E-state index in [9.17, 15) is 0 Å². The summed E-state index contributed by atoms with van der Waals surface area (Å²) in [5.41, 5.74) is 1.06. The average molecular weight is 264 g/mol. The Hall–Kier alpha value is -0.320. The molecule has 0 aliphatic rings. The molecular formula is C8H13IN2. The Morgan fingerprint density at radius 2 is 2.09 bits per heavy atom. The van der Waals surface area contributed by atoms with Gasteiger partial charge in [-0.3, -0.25) is 4.99 Å². The van der Waals surface area contributed by atoms with Crippen LogP contribution < -0.4 is 0 Å². The highest BCUT2D eigenvalue weighted by Crippen LogP contribution is 2.07. The molecule has 11 heavy (non-hydrogen) atoms. The molecule has 0 atom stereocenters. The van der Waals surface area contributed by atoms with E-state index in [1.807, 2.05) is 31.3 Å². The predicted molar refractivity (Wildman–Crippen MR) is 59.3 cm³/mol. The van der Waals surface area contributed by atoms with Crippen molar-refractivity contribution < 1.29 is 0 Å². The number of allylic oxidation sites excluding steroid dienone is 3. The van der Waals surface area contributed by atoms with Crippen LogP contribution in [-0.2, 0) is 0 Å². The lowest BCUT2D eigenvalue weighted by Crippen LogP contribution is -2.11. The first-order valence-corrected chi connectivity index (χ1v) is 4.31. The lowest BCUT2D eigenvalue weighted by molar-refractivity contribution is 0.542. The zero-order valence-electron chi connectivity index (χ0n) is 7.13. The second-order valence-corrected chi connectivity index (χ2v) is 3.68. The van der Waals surface area contributed by atoms with Gasteiger partial charge in [-0.2, -0.15) is 0 Å². The van der Waals surface area contributed by atoms with Crippen molar-refractivity contribution in [3.8, 4) is 0 Å². The van der Waals surface area contributed by atoms with Crippen LogP contribution in [0.4, 0.5) is 0 Å². The SMILES string of the molecule is C=C(I)/C=C(\C=NC)N(C)C. The Morgan fingerprint density at radius 3 is 2.36 bits per heavy atom. The second kappa shape index (κ2) is 5.35. The fraction of sp³-hybridized carbons (Fsp3) is 0.375. The van der Waals surface area contributed by atoms with E-state index >= 15 is 0 Å². The van der Waals surface area contributed by atoms with Gasteiger partial charge in [0.2, 0.25) is 0 Å². The van der Waals surface area contributed by atoms with Crippen LogP contribution in [-0.4, -0.2) is 32.3 Å². The molecule has 0 aliphatic heterocycles. The minimum atomic E-state index is 1.01. The molecule has 0 amide bonds. The summed E-state index contributed by atoms with van der Waals surface area (Å²) in [7, 11) is 5.72. The van der Waals surface area contributed by atoms with E-state index in [1.165, 1.54) is 0 Å². The maximum atomic E-state index is 3.93. The molecule has 0 saturated carbocycles. The summed E-state index contributed by atoms with van der Waals surface area (Å²) in [5, 5.41) is 0. The molecule has 0 aromatic carbocycles. The van der Waals surface area contributed by atoms with Gasteiger partial charge < -0.3 is 4.90 Å². The normalized spacial score (nSPS) is 12.2. The zero-order valence-corrected chi connectivity index (χ0v) is 9.29. The van der Waals surface area contributed by atoms with Crippen LogP contribution in [0, 0.1) is 0 Å². The molecule has 0 spiro atoms. The molecule has 0 aromatic rings. The molecule has 62 valence electrons. The van der Waals surface area contributed by atoms with Crippen LogP contribution in [0.5, 0.6) is 0 Å². The minimum Gasteiger partial charge on any atom is -0.376 e. The number of aliphatic imine (C=N–C) groups is 1. The van der Waals surface area contributed by atoms with Gasteiger partial charge in [0.05, 0.1) is 5.70 Å². The van der Waals surface area contributed by atoms with Gasteiger partial charge in [0, 0.05) is 30.9 Å². The van der Waals surface area contributed by atoms with Crippen molar-refractivity contribution in [2.45, 2.75) is 0 Å². The van der Waals surface area contributed by atoms with Gasteiger partial charge in [0.25, 0.3) is 0 Å². The zero-order chi connectivity index (χ0) is 8.85. The van der Waals surface area contributed by atoms with Crippen LogP contribution in [0.3, 0.4) is 0 Å². The van der Waals surface area contributed by atoms with E-state index in [0.717, 1.165) is 9.28 Å². The summed E-state index contributed by atoms with van der Waals surface area (Å²) in [4.78, 5) is 5.93. The van der Waals surface area contributed by atoms with Gasteiger partial charge in [-0.25, -0.2) is 0 Å². The van der Waals surface area contributed by atoms with E-state index in [1.54, 1.807) is 7.05 Å². The van der Waals surface area contributed by atoms with Crippen molar-refractivity contribution in [3.05, 3.63) is 21.9 Å². The Morgan fingerprint density at radius 1 is 1.55 bits per heavy atom. The molecule has 3 heteroatoms. The largest absolute Gasteiger partial charge is 0.376 e. The number of hydrogen-bond donors (Lipinski definition) is 0. The Labute approximate surface area is 81.8 Å². The summed E-state index contributed by atoms with van der Waals surface area (Å²) in [6, 6.07) is 0. The number of nitrogens with zero attached hydrogens (tertiary/aromatic N) is 2. The van der Waals surface area contributed by atoms with E-state index in [0.29, 0.717) is 0 Å². The van der Waals surface area contributed by atoms with Crippen molar-refractivity contribution in [3.63, 3.8) is 0 Å². The predicted octanol–water partition coefficient (Wildman–Crippen LogP) is 2.08. The lowest BCUT2D eigenvalue weighted by atomic mass is 10.4. The van der Waals surface area contributed by atoms with Gasteiger partial charge >= 0.3 is 0 Å². The van der Waals surface area contributed by atoms with Crippen molar-refractivity contribution in [1.29, 1.82) is 0 Å². The van der Waals surface area contributed by atoms with Crippen LogP contribution >= 0.6 is 22.6 Å². The summed E-state index contributed by atoms with van der Waals surface area (Å²) in [5.74, 6) is 0. The Balaban J connectivity index is 4.46. The Bertz CT molecular complexity index is 192. The maximum absolute atomic E-state index is 3.93. The molecular weight excluding hydrogens is 251 g/mol. The van der Waals surface area contributed by atoms with Crippen LogP contribution in [0.2, 0.25) is 0 Å². The molecule has 0 radical (unpaired) electrons. The summed E-state index contributed by atoms with van der Waals surface area (Å²) < 4.78 is 1.01. The van der Waals surface area contributed by atoms with Crippen molar-refractivity contribution in [2.75, 3.05) is 21.1 Å². The number of halogens is 1. The molecule has 0 aliphatic carbocycles. The third-order valence-corrected chi connectivity index (χ3v) is 1.39. The lowest BCUT2D eigenvalue weighted by Gasteiger charge is -2.12. The first-order chi connectivity index (χ1) is 5.07. The van der Waals surface area contributed by atoms with Gasteiger partial charge in [-0.05, 0) is 28.7 Å². The molecule has 0 N–H and O–H groups in total. The third-order valence-electron chi connectivity index (χ3n) is 1.08. The quantitative estimate of drug-likeness (QED) is 0.433. The van der Waals surface area contributed by atoms with Gasteiger partial charge in [0.1, 0.15) is 0 Å². The molecule has 0 bridgehead atoms. The highest BCUT2D eigenvalue weighted by atomic mass is 127. The molecule has 0 fully saturated rings. The highest BCUT2D eigenvalue weighted by Gasteiger charge is 1.93. The van der Waals surface area contributed by atoms with Crippen molar-refractivity contribution >= 4 is 28.8 Å². The minimum absolute atomic E-state index is 1.01. The molecule has 0 saturated heterocycles. The molecule has 0 unspecified atom stereocenters. The molecule has 0 aromatic heterocycles. The molecule has 2 nitrogen and oxygen atoms in total. The topological polar surface area (TPSA) is 15.6 Å². The van der Waals surface area contributed by atoms with Gasteiger partial charge in [-0.1, -0.05) is 6.58 Å². The monoisotopic (exact) mass is 264 g/mol. The first kappa shape index (κ1) is 10.7. The summed E-state index contributed by atoms with van der Waals surface area (Å²) in [6.07, 6.45) is 3.79. The van der Waals surface area contributed by atoms with Crippen LogP contribution in [0.25, 0.3) is 0 Å². The van der Waals surface area contributed by atoms with E-state index < -0.39 is 0 Å². The summed E-state index contributed by atoms with van der Waals surface area (Å²) >= 11 is 2.17. The highest BCUT2D eigenvalue weighted by molar-refractivity contribution is 14.1. The van der Waals surface area contributed by atoms with E-state index in [2.05, 4.69) is 34.2 Å². The van der Waals surface area contributed by atoms with Crippen molar-refractivity contribution in [2.24, 2.45) is 4.99 Å². The second-order valence-electron chi connectivity index (χ2n) is 2.30. The fourth-order valence-corrected chi connectivity index (χ4v) is 0.894. The Kier molecular flexibility index (Phi) is 5.19. The first-order valence-electron chi connectivity index (χ1n) is 3.23.